The molecule has 1 rings (SSSR count). The molecule has 0 saturated carbocycles. The van der Waals surface area contributed by atoms with Crippen molar-refractivity contribution in [1.82, 2.24) is 0 Å². The lowest BCUT2D eigenvalue weighted by Crippen LogP contribution is -2.15. The van der Waals surface area contributed by atoms with E-state index in [1.807, 2.05) is 6.92 Å². The molecule has 2 nitrogen and oxygen atoms in total. The quantitative estimate of drug-likeness (QED) is 0.751. The molecule has 0 aliphatic rings. The summed E-state index contributed by atoms with van der Waals surface area (Å²) in [7, 11) is 0. The van der Waals surface area contributed by atoms with Crippen molar-refractivity contribution in [2.75, 3.05) is 6.61 Å². The molecule has 21 heavy (non-hydrogen) atoms. The van der Waals surface area contributed by atoms with Gasteiger partial charge in [0.05, 0.1) is 12.2 Å². The third-order valence-corrected chi connectivity index (χ3v) is 3.60. The molecule has 1 atom stereocenters. The largest absolute Gasteiger partial charge is 0.493 e. The highest BCUT2D eigenvalue weighted by Gasteiger charge is 2.34. The number of halogens is 3. The Balaban J connectivity index is 2.82. The van der Waals surface area contributed by atoms with Gasteiger partial charge in [0.25, 0.3) is 0 Å². The van der Waals surface area contributed by atoms with Gasteiger partial charge in [-0.1, -0.05) is 39.2 Å². The molecule has 1 aromatic carbocycles. The molecule has 0 aliphatic heterocycles. The Hall–Kier alpha value is -1.23. The lowest BCUT2D eigenvalue weighted by Gasteiger charge is -2.19. The predicted molar refractivity (Wildman–Crippen MR) is 78.1 cm³/mol. The fraction of sp³-hybridized carbons (Fsp3) is 0.625. The summed E-state index contributed by atoms with van der Waals surface area (Å²) < 4.78 is 44.6. The van der Waals surface area contributed by atoms with Gasteiger partial charge in [-0.05, 0) is 30.0 Å². The summed E-state index contributed by atoms with van der Waals surface area (Å²) in [5.41, 5.74) is 5.11. The minimum absolute atomic E-state index is 0.0808. The van der Waals surface area contributed by atoms with E-state index in [2.05, 4.69) is 6.92 Å². The molecule has 2 N–H and O–H groups in total. The van der Waals surface area contributed by atoms with Crippen LogP contribution in [0.25, 0.3) is 0 Å². The van der Waals surface area contributed by atoms with Crippen molar-refractivity contribution in [2.24, 2.45) is 11.7 Å². The van der Waals surface area contributed by atoms with Gasteiger partial charge in [0.1, 0.15) is 5.75 Å². The van der Waals surface area contributed by atoms with Crippen LogP contribution in [0.2, 0.25) is 0 Å². The first kappa shape index (κ1) is 17.8. The maximum atomic E-state index is 13.1. The minimum Gasteiger partial charge on any atom is -0.493 e. The molecule has 0 amide bonds. The van der Waals surface area contributed by atoms with Crippen LogP contribution in [0, 0.1) is 5.92 Å². The van der Waals surface area contributed by atoms with E-state index in [4.69, 9.17) is 10.5 Å². The molecule has 0 fully saturated rings. The molecule has 0 saturated heterocycles. The third kappa shape index (κ3) is 5.58. The number of ether oxygens (including phenoxy) is 1. The Morgan fingerprint density at radius 3 is 2.48 bits per heavy atom. The second-order valence-electron chi connectivity index (χ2n) is 5.26. The average molecular weight is 303 g/mol. The maximum absolute atomic E-state index is 13.1. The van der Waals surface area contributed by atoms with E-state index in [9.17, 15) is 13.2 Å². The van der Waals surface area contributed by atoms with Gasteiger partial charge in [0.2, 0.25) is 0 Å². The highest BCUT2D eigenvalue weighted by Crippen LogP contribution is 2.37. The van der Waals surface area contributed by atoms with E-state index in [1.165, 1.54) is 6.07 Å². The molecule has 0 spiro atoms. The Morgan fingerprint density at radius 2 is 1.95 bits per heavy atom. The van der Waals surface area contributed by atoms with Gasteiger partial charge in [-0.15, -0.1) is 0 Å². The van der Waals surface area contributed by atoms with E-state index in [0.717, 1.165) is 31.7 Å². The Bertz CT molecular complexity index is 432. The van der Waals surface area contributed by atoms with Crippen molar-refractivity contribution >= 4 is 0 Å². The van der Waals surface area contributed by atoms with Crippen LogP contribution in [0.5, 0.6) is 5.75 Å². The molecular formula is C16H24F3NO. The summed E-state index contributed by atoms with van der Waals surface area (Å²) >= 11 is 0. The van der Waals surface area contributed by atoms with E-state index < -0.39 is 11.7 Å². The van der Waals surface area contributed by atoms with Gasteiger partial charge < -0.3 is 10.5 Å². The van der Waals surface area contributed by atoms with Crippen molar-refractivity contribution in [2.45, 2.75) is 52.3 Å². The molecule has 0 heterocycles. The van der Waals surface area contributed by atoms with Crippen LogP contribution in [-0.2, 0) is 12.7 Å². The predicted octanol–water partition coefficient (Wildman–Crippen LogP) is 4.76. The van der Waals surface area contributed by atoms with E-state index in [0.29, 0.717) is 18.1 Å². The van der Waals surface area contributed by atoms with Crippen molar-refractivity contribution < 1.29 is 17.9 Å². The fourth-order valence-corrected chi connectivity index (χ4v) is 2.16. The highest BCUT2D eigenvalue weighted by molar-refractivity contribution is 5.39. The van der Waals surface area contributed by atoms with Crippen LogP contribution in [-0.4, -0.2) is 6.61 Å². The summed E-state index contributed by atoms with van der Waals surface area (Å²) in [6.07, 6.45) is -0.390. The average Bonchev–Trinajstić information content (AvgIpc) is 2.46. The van der Waals surface area contributed by atoms with Crippen molar-refractivity contribution in [3.05, 3.63) is 29.3 Å². The van der Waals surface area contributed by atoms with Crippen LogP contribution < -0.4 is 10.5 Å². The number of unbranched alkanes of at least 4 members (excludes halogenated alkanes) is 1. The molecule has 0 aliphatic carbocycles. The van der Waals surface area contributed by atoms with Gasteiger partial charge in [0, 0.05) is 6.54 Å². The van der Waals surface area contributed by atoms with Crippen molar-refractivity contribution in [1.29, 1.82) is 0 Å². The first-order valence-electron chi connectivity index (χ1n) is 7.45. The van der Waals surface area contributed by atoms with Crippen LogP contribution in [0.3, 0.4) is 0 Å². The van der Waals surface area contributed by atoms with Crippen molar-refractivity contribution in [3.63, 3.8) is 0 Å². The molecule has 5 heteroatoms. The van der Waals surface area contributed by atoms with E-state index in [-0.39, 0.29) is 12.3 Å². The standard InChI is InChI=1S/C16H24F3NO/c1-3-5-6-12(4-2)11-21-15-8-7-13(10-20)9-14(15)16(17,18)19/h7-9,12H,3-6,10-11,20H2,1-2H3. The lowest BCUT2D eigenvalue weighted by atomic mass is 10.0. The van der Waals surface area contributed by atoms with Gasteiger partial charge in [-0.25, -0.2) is 0 Å². The number of hydrogen-bond donors (Lipinski definition) is 1. The lowest BCUT2D eigenvalue weighted by molar-refractivity contribution is -0.139. The number of nitrogens with two attached hydrogens (primary N) is 1. The Kier molecular flexibility index (Phi) is 7.02. The molecule has 0 bridgehead atoms. The van der Waals surface area contributed by atoms with Crippen molar-refractivity contribution in [3.8, 4) is 5.75 Å². The summed E-state index contributed by atoms with van der Waals surface area (Å²) in [5, 5.41) is 0. The Labute approximate surface area is 124 Å². The molecule has 120 valence electrons. The van der Waals surface area contributed by atoms with Crippen LogP contribution >= 0.6 is 0 Å². The number of benzene rings is 1. The minimum atomic E-state index is -4.42. The summed E-state index contributed by atoms with van der Waals surface area (Å²) in [5.74, 6) is 0.190. The third-order valence-electron chi connectivity index (χ3n) is 3.60. The number of rotatable bonds is 8. The highest BCUT2D eigenvalue weighted by atomic mass is 19.4. The van der Waals surface area contributed by atoms with Crippen LogP contribution in [0.15, 0.2) is 18.2 Å². The summed E-state index contributed by atoms with van der Waals surface area (Å²) in [6, 6.07) is 4.03. The van der Waals surface area contributed by atoms with E-state index in [1.54, 1.807) is 6.07 Å². The fourth-order valence-electron chi connectivity index (χ4n) is 2.16. The molecular weight excluding hydrogens is 279 g/mol. The SMILES string of the molecule is CCCCC(CC)COc1ccc(CN)cc1C(F)(F)F. The number of hydrogen-bond acceptors (Lipinski definition) is 2. The zero-order chi connectivity index (χ0) is 15.9. The molecule has 0 radical (unpaired) electrons. The normalized spacial score (nSPS) is 13.2. The van der Waals surface area contributed by atoms with Gasteiger partial charge in [-0.3, -0.25) is 0 Å². The van der Waals surface area contributed by atoms with Gasteiger partial charge in [-0.2, -0.15) is 13.2 Å². The summed E-state index contributed by atoms with van der Waals surface area (Å²) in [4.78, 5) is 0. The molecule has 1 unspecified atom stereocenters. The topological polar surface area (TPSA) is 35.2 Å². The van der Waals surface area contributed by atoms with Crippen LogP contribution in [0.4, 0.5) is 13.2 Å². The van der Waals surface area contributed by atoms with E-state index >= 15 is 0 Å². The monoisotopic (exact) mass is 303 g/mol. The molecule has 0 aromatic heterocycles. The zero-order valence-electron chi connectivity index (χ0n) is 12.7. The Morgan fingerprint density at radius 1 is 1.24 bits per heavy atom. The smallest absolute Gasteiger partial charge is 0.419 e. The first-order chi connectivity index (χ1) is 9.92. The van der Waals surface area contributed by atoms with Crippen LogP contribution in [0.1, 0.15) is 50.7 Å². The first-order valence-corrected chi connectivity index (χ1v) is 7.45. The number of alkyl halides is 3. The van der Waals surface area contributed by atoms with Gasteiger partial charge >= 0.3 is 6.18 Å². The zero-order valence-corrected chi connectivity index (χ0v) is 12.7. The maximum Gasteiger partial charge on any atom is 0.419 e. The van der Waals surface area contributed by atoms with Gasteiger partial charge in [0.15, 0.2) is 0 Å². The molecule has 1 aromatic rings. The second kappa shape index (κ2) is 8.27. The second-order valence-corrected chi connectivity index (χ2v) is 5.26. The summed E-state index contributed by atoms with van der Waals surface area (Å²) in [6.45, 7) is 4.53.